The molecule has 6 nitrogen and oxygen atoms in total. The maximum absolute atomic E-state index is 11.7. The van der Waals surface area contributed by atoms with Crippen LogP contribution in [0.3, 0.4) is 0 Å². The average Bonchev–Trinajstić information content (AvgIpc) is 2.32. The first-order valence-corrected chi connectivity index (χ1v) is 4.81. The Kier molecular flexibility index (Phi) is 3.93. The molecule has 0 bridgehead atoms. The van der Waals surface area contributed by atoms with Gasteiger partial charge in [-0.15, -0.1) is 12.4 Å². The molecule has 0 fully saturated rings. The van der Waals surface area contributed by atoms with Crippen LogP contribution in [0.25, 0.3) is 0 Å². The van der Waals surface area contributed by atoms with Crippen molar-refractivity contribution in [1.82, 2.24) is 0 Å². The fourth-order valence-electron chi connectivity index (χ4n) is 1.69. The molecule has 1 aliphatic heterocycles. The third-order valence-electron chi connectivity index (χ3n) is 2.51. The van der Waals surface area contributed by atoms with E-state index >= 15 is 0 Å². The molecule has 1 heterocycles. The molecule has 1 aromatic rings. The molecule has 1 unspecified atom stereocenters. The average molecular weight is 272 g/mol. The third kappa shape index (κ3) is 2.02. The van der Waals surface area contributed by atoms with Crippen LogP contribution in [0.15, 0.2) is 18.2 Å². The number of carboxylic acid groups (broad SMARTS) is 1. The second-order valence-electron chi connectivity index (χ2n) is 3.49. The molecule has 0 aromatic heterocycles. The van der Waals surface area contributed by atoms with Crippen molar-refractivity contribution in [2.45, 2.75) is 6.04 Å². The quantitative estimate of drug-likeness (QED) is 0.609. The highest BCUT2D eigenvalue weighted by atomic mass is 35.5. The van der Waals surface area contributed by atoms with Crippen LogP contribution in [0.2, 0.25) is 0 Å². The van der Waals surface area contributed by atoms with E-state index in [1.165, 1.54) is 13.2 Å². The van der Waals surface area contributed by atoms with Crippen LogP contribution in [0.1, 0.15) is 10.4 Å². The number of halogens is 1. The lowest BCUT2D eigenvalue weighted by atomic mass is 9.95. The van der Waals surface area contributed by atoms with Gasteiger partial charge in [0, 0.05) is 0 Å². The van der Waals surface area contributed by atoms with Gasteiger partial charge < -0.3 is 15.2 Å². The number of benzene rings is 1. The zero-order valence-electron chi connectivity index (χ0n) is 9.30. The standard InChI is InChI=1S/C11H9NO5.ClH/c1-17-6-4-2-3-5-7(6)12-8(11(15)16)10(14)9(5)13;/h2-4,8,12H,1H3,(H,15,16);1H. The summed E-state index contributed by atoms with van der Waals surface area (Å²) >= 11 is 0. The Morgan fingerprint density at radius 1 is 1.39 bits per heavy atom. The molecular weight excluding hydrogens is 262 g/mol. The van der Waals surface area contributed by atoms with E-state index in [0.717, 1.165) is 0 Å². The van der Waals surface area contributed by atoms with E-state index in [-0.39, 0.29) is 23.7 Å². The minimum absolute atomic E-state index is 0. The molecule has 2 N–H and O–H groups in total. The van der Waals surface area contributed by atoms with Gasteiger partial charge in [0.15, 0.2) is 6.04 Å². The summed E-state index contributed by atoms with van der Waals surface area (Å²) in [5, 5.41) is 11.3. The fourth-order valence-corrected chi connectivity index (χ4v) is 1.69. The van der Waals surface area contributed by atoms with E-state index in [1.54, 1.807) is 12.1 Å². The molecule has 1 aliphatic rings. The van der Waals surface area contributed by atoms with Crippen LogP contribution in [-0.2, 0) is 9.59 Å². The lowest BCUT2D eigenvalue weighted by Crippen LogP contribution is -2.45. The molecular formula is C11H10ClNO5. The Morgan fingerprint density at radius 2 is 2.06 bits per heavy atom. The van der Waals surface area contributed by atoms with Gasteiger partial charge in [-0.1, -0.05) is 6.07 Å². The summed E-state index contributed by atoms with van der Waals surface area (Å²) in [6, 6.07) is 3.04. The number of hydrogen-bond acceptors (Lipinski definition) is 5. The number of aliphatic carboxylic acids is 1. The smallest absolute Gasteiger partial charge is 0.334 e. The number of carboxylic acids is 1. The summed E-state index contributed by atoms with van der Waals surface area (Å²) in [7, 11) is 1.40. The zero-order valence-corrected chi connectivity index (χ0v) is 10.1. The van der Waals surface area contributed by atoms with Gasteiger partial charge in [0.2, 0.25) is 11.6 Å². The monoisotopic (exact) mass is 271 g/mol. The summed E-state index contributed by atoms with van der Waals surface area (Å²) in [6.45, 7) is 0. The van der Waals surface area contributed by atoms with Crippen LogP contribution in [0.4, 0.5) is 5.69 Å². The van der Waals surface area contributed by atoms with Crippen molar-refractivity contribution in [2.24, 2.45) is 0 Å². The molecule has 0 saturated carbocycles. The second-order valence-corrected chi connectivity index (χ2v) is 3.49. The van der Waals surface area contributed by atoms with Crippen molar-refractivity contribution in [3.8, 4) is 5.75 Å². The zero-order chi connectivity index (χ0) is 12.6. The molecule has 0 amide bonds. The van der Waals surface area contributed by atoms with Crippen molar-refractivity contribution < 1.29 is 24.2 Å². The molecule has 2 rings (SSSR count). The summed E-state index contributed by atoms with van der Waals surface area (Å²) < 4.78 is 5.01. The number of hydrogen-bond donors (Lipinski definition) is 2. The lowest BCUT2D eigenvalue weighted by molar-refractivity contribution is -0.140. The number of Topliss-reactive ketones (excluding diaryl/α,β-unsaturated/α-hetero) is 2. The van der Waals surface area contributed by atoms with Crippen LogP contribution < -0.4 is 10.1 Å². The summed E-state index contributed by atoms with van der Waals surface area (Å²) in [4.78, 5) is 34.0. The van der Waals surface area contributed by atoms with Gasteiger partial charge >= 0.3 is 5.97 Å². The summed E-state index contributed by atoms with van der Waals surface area (Å²) in [6.07, 6.45) is 0. The number of ketones is 2. The van der Waals surface area contributed by atoms with Gasteiger partial charge in [0.05, 0.1) is 18.4 Å². The largest absolute Gasteiger partial charge is 0.495 e. The second kappa shape index (κ2) is 5.05. The Morgan fingerprint density at radius 3 is 2.61 bits per heavy atom. The topological polar surface area (TPSA) is 92.7 Å². The van der Waals surface area contributed by atoms with Gasteiger partial charge in [-0.2, -0.15) is 0 Å². The fraction of sp³-hybridized carbons (Fsp3) is 0.182. The van der Waals surface area contributed by atoms with E-state index in [9.17, 15) is 14.4 Å². The number of nitrogens with one attached hydrogen (secondary N) is 1. The number of anilines is 1. The molecule has 1 aromatic carbocycles. The van der Waals surface area contributed by atoms with Crippen molar-refractivity contribution >= 4 is 35.6 Å². The molecule has 7 heteroatoms. The highest BCUT2D eigenvalue weighted by Crippen LogP contribution is 2.32. The lowest BCUT2D eigenvalue weighted by Gasteiger charge is -2.23. The van der Waals surface area contributed by atoms with Crippen LogP contribution in [0.5, 0.6) is 5.75 Å². The molecule has 96 valence electrons. The van der Waals surface area contributed by atoms with Crippen molar-refractivity contribution in [1.29, 1.82) is 0 Å². The summed E-state index contributed by atoms with van der Waals surface area (Å²) in [5.74, 6) is -2.85. The predicted octanol–water partition coefficient (Wildman–Crippen LogP) is 0.747. The van der Waals surface area contributed by atoms with E-state index < -0.39 is 23.6 Å². The van der Waals surface area contributed by atoms with Gasteiger partial charge in [0.25, 0.3) is 0 Å². The Balaban J connectivity index is 0.00000162. The Labute approximate surface area is 108 Å². The first kappa shape index (κ1) is 14.0. The van der Waals surface area contributed by atoms with Crippen LogP contribution >= 0.6 is 12.4 Å². The van der Waals surface area contributed by atoms with Crippen LogP contribution in [0, 0.1) is 0 Å². The predicted molar refractivity (Wildman–Crippen MR) is 64.6 cm³/mol. The van der Waals surface area contributed by atoms with E-state index in [1.807, 2.05) is 0 Å². The number of carbonyl (C=O) groups is 3. The number of para-hydroxylation sites is 1. The van der Waals surface area contributed by atoms with Crippen molar-refractivity contribution in [2.75, 3.05) is 12.4 Å². The molecule has 0 saturated heterocycles. The highest BCUT2D eigenvalue weighted by molar-refractivity contribution is 6.51. The minimum Gasteiger partial charge on any atom is -0.495 e. The van der Waals surface area contributed by atoms with Gasteiger partial charge in [-0.25, -0.2) is 4.79 Å². The highest BCUT2D eigenvalue weighted by Gasteiger charge is 2.39. The van der Waals surface area contributed by atoms with Crippen LogP contribution in [-0.4, -0.2) is 35.8 Å². The number of ether oxygens (including phenoxy) is 1. The van der Waals surface area contributed by atoms with E-state index in [0.29, 0.717) is 5.75 Å². The number of methoxy groups -OCH3 is 1. The number of carbonyl (C=O) groups excluding carboxylic acids is 2. The Hall–Kier alpha value is -2.08. The minimum atomic E-state index is -1.55. The maximum atomic E-state index is 11.7. The first-order chi connectivity index (χ1) is 8.06. The summed E-state index contributed by atoms with van der Waals surface area (Å²) in [5.41, 5.74) is 0.374. The first-order valence-electron chi connectivity index (χ1n) is 4.81. The van der Waals surface area contributed by atoms with E-state index in [4.69, 9.17) is 9.84 Å². The van der Waals surface area contributed by atoms with E-state index in [2.05, 4.69) is 5.32 Å². The van der Waals surface area contributed by atoms with Crippen molar-refractivity contribution in [3.05, 3.63) is 23.8 Å². The van der Waals surface area contributed by atoms with Crippen molar-refractivity contribution in [3.63, 3.8) is 0 Å². The molecule has 0 radical (unpaired) electrons. The third-order valence-corrected chi connectivity index (χ3v) is 2.51. The van der Waals surface area contributed by atoms with Gasteiger partial charge in [0.1, 0.15) is 5.75 Å². The normalized spacial score (nSPS) is 17.3. The molecule has 0 aliphatic carbocycles. The molecule has 18 heavy (non-hydrogen) atoms. The maximum Gasteiger partial charge on any atom is 0.334 e. The molecule has 0 spiro atoms. The SMILES string of the molecule is COc1cccc2c1NC(C(=O)O)C(=O)C2=O.Cl. The number of rotatable bonds is 2. The van der Waals surface area contributed by atoms with Gasteiger partial charge in [-0.05, 0) is 12.1 Å². The number of fused-ring (bicyclic) bond motifs is 1. The van der Waals surface area contributed by atoms with Gasteiger partial charge in [-0.3, -0.25) is 9.59 Å². The molecule has 1 atom stereocenters. The Bertz CT molecular complexity index is 528.